The van der Waals surface area contributed by atoms with Gasteiger partial charge in [-0.2, -0.15) is 0 Å². The molecular weight excluding hydrogens is 276 g/mol. The van der Waals surface area contributed by atoms with Crippen molar-refractivity contribution in [3.05, 3.63) is 24.0 Å². The van der Waals surface area contributed by atoms with Gasteiger partial charge in [0.25, 0.3) is 0 Å². The molecule has 3 rings (SSSR count). The second-order valence-corrected chi connectivity index (χ2v) is 6.63. The van der Waals surface area contributed by atoms with E-state index in [2.05, 4.69) is 52.1 Å². The van der Waals surface area contributed by atoms with Crippen molar-refractivity contribution in [1.82, 2.24) is 20.0 Å². The topological polar surface area (TPSA) is 31.0 Å². The zero-order valence-corrected chi connectivity index (χ0v) is 13.9. The fraction of sp³-hybridized carbons (Fsp3) is 0.765. The molecule has 1 atom stereocenters. The summed E-state index contributed by atoms with van der Waals surface area (Å²) >= 11 is 0. The Balaban J connectivity index is 1.48. The second-order valence-electron chi connectivity index (χ2n) is 6.63. The van der Waals surface area contributed by atoms with E-state index in [0.29, 0.717) is 12.1 Å². The van der Waals surface area contributed by atoms with Gasteiger partial charge in [-0.3, -0.25) is 9.80 Å². The minimum Gasteiger partial charge on any atom is -0.379 e. The number of nitrogens with zero attached hydrogens (tertiary/aromatic N) is 3. The van der Waals surface area contributed by atoms with Crippen molar-refractivity contribution in [3.8, 4) is 0 Å². The molecule has 22 heavy (non-hydrogen) atoms. The van der Waals surface area contributed by atoms with Crippen LogP contribution in [-0.4, -0.2) is 85.8 Å². The predicted molar refractivity (Wildman–Crippen MR) is 88.4 cm³/mol. The molecule has 0 aromatic carbocycles. The highest BCUT2D eigenvalue weighted by molar-refractivity contribution is 5.15. The van der Waals surface area contributed by atoms with Gasteiger partial charge in [-0.05, 0) is 13.8 Å². The molecule has 123 valence electrons. The van der Waals surface area contributed by atoms with Crippen molar-refractivity contribution in [3.63, 3.8) is 0 Å². The number of morpholine rings is 1. The summed E-state index contributed by atoms with van der Waals surface area (Å²) in [6, 6.07) is 1.03. The third kappa shape index (κ3) is 4.03. The summed E-state index contributed by atoms with van der Waals surface area (Å²) in [5.41, 5.74) is 0. The van der Waals surface area contributed by atoms with Gasteiger partial charge >= 0.3 is 0 Å². The van der Waals surface area contributed by atoms with Gasteiger partial charge in [-0.1, -0.05) is 12.2 Å². The molecule has 0 aromatic rings. The van der Waals surface area contributed by atoms with Gasteiger partial charge in [-0.25, -0.2) is 0 Å². The van der Waals surface area contributed by atoms with E-state index in [1.54, 1.807) is 0 Å². The third-order valence-corrected chi connectivity index (χ3v) is 4.79. The lowest BCUT2D eigenvalue weighted by Gasteiger charge is -2.41. The SMILES string of the molecule is CC(C)N1CCN(C2=[C]C=CC(CN3CCOCC3)N2)CC1. The average Bonchev–Trinajstić information content (AvgIpc) is 2.56. The Kier molecular flexibility index (Phi) is 5.39. The summed E-state index contributed by atoms with van der Waals surface area (Å²) < 4.78 is 5.42. The van der Waals surface area contributed by atoms with Gasteiger partial charge in [0.2, 0.25) is 0 Å². The van der Waals surface area contributed by atoms with Crippen LogP contribution in [-0.2, 0) is 4.74 Å². The number of hydrogen-bond donors (Lipinski definition) is 1. The molecule has 1 N–H and O–H groups in total. The van der Waals surface area contributed by atoms with Crippen LogP contribution >= 0.6 is 0 Å². The van der Waals surface area contributed by atoms with Crippen LogP contribution in [0.2, 0.25) is 0 Å². The van der Waals surface area contributed by atoms with Crippen LogP contribution in [0.25, 0.3) is 0 Å². The van der Waals surface area contributed by atoms with Crippen molar-refractivity contribution >= 4 is 0 Å². The van der Waals surface area contributed by atoms with Crippen LogP contribution in [0, 0.1) is 6.08 Å². The lowest BCUT2D eigenvalue weighted by atomic mass is 10.1. The first kappa shape index (κ1) is 15.8. The Hall–Kier alpha value is -1.04. The molecule has 0 aromatic heterocycles. The third-order valence-electron chi connectivity index (χ3n) is 4.79. The molecular formula is C17H29N4O. The number of ether oxygens (including phenoxy) is 1. The lowest BCUT2D eigenvalue weighted by Crippen LogP contribution is -2.52. The molecule has 0 spiro atoms. The van der Waals surface area contributed by atoms with Crippen molar-refractivity contribution in [2.24, 2.45) is 0 Å². The summed E-state index contributed by atoms with van der Waals surface area (Å²) in [4.78, 5) is 7.46. The van der Waals surface area contributed by atoms with E-state index in [4.69, 9.17) is 4.74 Å². The number of rotatable bonds is 4. The maximum absolute atomic E-state index is 5.42. The Labute approximate surface area is 134 Å². The molecule has 3 heterocycles. The number of hydrogen-bond acceptors (Lipinski definition) is 5. The first-order chi connectivity index (χ1) is 10.7. The number of piperazine rings is 1. The largest absolute Gasteiger partial charge is 0.379 e. The highest BCUT2D eigenvalue weighted by atomic mass is 16.5. The lowest BCUT2D eigenvalue weighted by molar-refractivity contribution is 0.0352. The fourth-order valence-electron chi connectivity index (χ4n) is 3.32. The zero-order chi connectivity index (χ0) is 15.4. The van der Waals surface area contributed by atoms with E-state index in [-0.39, 0.29) is 0 Å². The van der Waals surface area contributed by atoms with E-state index in [1.165, 1.54) is 5.82 Å². The van der Waals surface area contributed by atoms with Crippen LogP contribution in [0.3, 0.4) is 0 Å². The summed E-state index contributed by atoms with van der Waals surface area (Å²) in [5.74, 6) is 1.17. The van der Waals surface area contributed by atoms with Crippen molar-refractivity contribution < 1.29 is 4.74 Å². The second kappa shape index (κ2) is 7.49. The molecule has 3 aliphatic rings. The monoisotopic (exact) mass is 305 g/mol. The molecule has 0 bridgehead atoms. The average molecular weight is 305 g/mol. The van der Waals surface area contributed by atoms with E-state index in [0.717, 1.165) is 59.0 Å². The fourth-order valence-corrected chi connectivity index (χ4v) is 3.32. The molecule has 1 radical (unpaired) electrons. The number of nitrogens with one attached hydrogen (secondary N) is 1. The van der Waals surface area contributed by atoms with E-state index >= 15 is 0 Å². The minimum atomic E-state index is 0.387. The smallest absolute Gasteiger partial charge is 0.110 e. The van der Waals surface area contributed by atoms with Crippen molar-refractivity contribution in [2.75, 3.05) is 59.0 Å². The molecule has 1 unspecified atom stereocenters. The first-order valence-corrected chi connectivity index (χ1v) is 8.58. The molecule has 0 aliphatic carbocycles. The summed E-state index contributed by atoms with van der Waals surface area (Å²) in [6.45, 7) is 13.9. The summed E-state index contributed by atoms with van der Waals surface area (Å²) in [5, 5.41) is 3.66. The predicted octanol–water partition coefficient (Wildman–Crippen LogP) is 0.517. The van der Waals surface area contributed by atoms with Crippen molar-refractivity contribution in [1.29, 1.82) is 0 Å². The van der Waals surface area contributed by atoms with Gasteiger partial charge in [-0.15, -0.1) is 0 Å². The minimum absolute atomic E-state index is 0.387. The summed E-state index contributed by atoms with van der Waals surface area (Å²) in [7, 11) is 0. The van der Waals surface area contributed by atoms with Crippen LogP contribution < -0.4 is 5.32 Å². The van der Waals surface area contributed by atoms with Crippen LogP contribution in [0.15, 0.2) is 18.0 Å². The Morgan fingerprint density at radius 2 is 1.91 bits per heavy atom. The first-order valence-electron chi connectivity index (χ1n) is 8.58. The maximum Gasteiger partial charge on any atom is 0.110 e. The van der Waals surface area contributed by atoms with Gasteiger partial charge < -0.3 is 15.0 Å². The molecule has 2 saturated heterocycles. The Morgan fingerprint density at radius 3 is 2.59 bits per heavy atom. The number of allylic oxidation sites excluding steroid dienone is 2. The molecule has 3 aliphatic heterocycles. The maximum atomic E-state index is 5.42. The number of dihydropyridines is 1. The van der Waals surface area contributed by atoms with Crippen LogP contribution in [0.5, 0.6) is 0 Å². The standard InChI is InChI=1S/C17H29N4O/c1-15(2)20-6-8-21(9-7-20)17-5-3-4-16(18-17)14-19-10-12-22-13-11-19/h3-4,15-16,18H,6-14H2,1-2H3. The van der Waals surface area contributed by atoms with Crippen LogP contribution in [0.1, 0.15) is 13.8 Å². The van der Waals surface area contributed by atoms with E-state index in [9.17, 15) is 0 Å². The molecule has 2 fully saturated rings. The highest BCUT2D eigenvalue weighted by Gasteiger charge is 2.23. The van der Waals surface area contributed by atoms with Gasteiger partial charge in [0.15, 0.2) is 0 Å². The Bertz CT molecular complexity index is 407. The van der Waals surface area contributed by atoms with Gasteiger partial charge in [0.05, 0.1) is 19.3 Å². The Morgan fingerprint density at radius 1 is 1.18 bits per heavy atom. The molecule has 5 nitrogen and oxygen atoms in total. The normalized spacial score (nSPS) is 27.9. The zero-order valence-electron chi connectivity index (χ0n) is 13.9. The van der Waals surface area contributed by atoms with Gasteiger partial charge in [0, 0.05) is 57.9 Å². The molecule has 0 saturated carbocycles. The van der Waals surface area contributed by atoms with Crippen molar-refractivity contribution in [2.45, 2.75) is 25.9 Å². The summed E-state index contributed by atoms with van der Waals surface area (Å²) in [6.07, 6.45) is 7.70. The molecule has 0 amide bonds. The van der Waals surface area contributed by atoms with E-state index < -0.39 is 0 Å². The van der Waals surface area contributed by atoms with Gasteiger partial charge in [0.1, 0.15) is 5.82 Å². The highest BCUT2D eigenvalue weighted by Crippen LogP contribution is 2.13. The molecule has 5 heteroatoms. The van der Waals surface area contributed by atoms with Crippen LogP contribution in [0.4, 0.5) is 0 Å². The quantitative estimate of drug-likeness (QED) is 0.818. The van der Waals surface area contributed by atoms with E-state index in [1.807, 2.05) is 0 Å².